The molecule has 0 heterocycles. The molecule has 0 fully saturated rings. The van der Waals surface area contributed by atoms with E-state index in [0.717, 1.165) is 55.6 Å². The molecule has 0 atom stereocenters. The first-order valence-corrected chi connectivity index (χ1v) is 16.9. The summed E-state index contributed by atoms with van der Waals surface area (Å²) < 4.78 is 0. The van der Waals surface area contributed by atoms with Crippen LogP contribution in [0.5, 0.6) is 0 Å². The van der Waals surface area contributed by atoms with E-state index in [1.807, 2.05) is 72.8 Å². The quantitative estimate of drug-likeness (QED) is 0.200. The molecule has 2 heteroatoms. The second-order valence-electron chi connectivity index (χ2n) is 15.3. The van der Waals surface area contributed by atoms with Crippen molar-refractivity contribution < 1.29 is 10.2 Å². The summed E-state index contributed by atoms with van der Waals surface area (Å²) in [6.07, 6.45) is 0. The lowest BCUT2D eigenvalue weighted by atomic mass is 9.81. The van der Waals surface area contributed by atoms with Crippen LogP contribution < -0.4 is 0 Å². The molecule has 0 amide bonds. The smallest absolute Gasteiger partial charge is 0.141 e. The van der Waals surface area contributed by atoms with Crippen LogP contribution in [0.4, 0.5) is 0 Å². The van der Waals surface area contributed by atoms with Gasteiger partial charge >= 0.3 is 0 Å². The van der Waals surface area contributed by atoms with Gasteiger partial charge in [0.2, 0.25) is 0 Å². The zero-order valence-corrected chi connectivity index (χ0v) is 28.8. The highest BCUT2D eigenvalue weighted by Crippen LogP contribution is 2.52. The highest BCUT2D eigenvalue weighted by molar-refractivity contribution is 5.83. The number of benzene rings is 6. The van der Waals surface area contributed by atoms with Crippen molar-refractivity contribution in [3.63, 3.8) is 0 Å². The molecule has 6 aromatic carbocycles. The third-order valence-corrected chi connectivity index (χ3v) is 10.2. The normalized spacial score (nSPS) is 15.0. The van der Waals surface area contributed by atoms with Crippen molar-refractivity contribution in [2.24, 2.45) is 0 Å². The lowest BCUT2D eigenvalue weighted by Gasteiger charge is -2.28. The molecule has 0 aliphatic heterocycles. The van der Waals surface area contributed by atoms with Gasteiger partial charge in [-0.05, 0) is 55.3 Å². The Kier molecular flexibility index (Phi) is 7.58. The van der Waals surface area contributed by atoms with Gasteiger partial charge in [-0.2, -0.15) is 0 Å². The Morgan fingerprint density at radius 3 is 0.792 bits per heavy atom. The van der Waals surface area contributed by atoms with Gasteiger partial charge in [0.05, 0.1) is 0 Å². The van der Waals surface area contributed by atoms with E-state index in [0.29, 0.717) is 0 Å². The molecular formula is C46H44O2. The maximum atomic E-state index is 11.8. The molecular weight excluding hydrogens is 585 g/mol. The fourth-order valence-electron chi connectivity index (χ4n) is 7.47. The van der Waals surface area contributed by atoms with Crippen LogP contribution in [0.2, 0.25) is 0 Å². The average Bonchev–Trinajstić information content (AvgIpc) is 3.52. The lowest BCUT2D eigenvalue weighted by Crippen LogP contribution is -2.26. The van der Waals surface area contributed by atoms with Gasteiger partial charge in [-0.3, -0.25) is 0 Å². The molecule has 0 saturated carbocycles. The fraction of sp³-hybridized carbons (Fsp3) is 0.217. The van der Waals surface area contributed by atoms with Crippen molar-refractivity contribution in [2.75, 3.05) is 0 Å². The van der Waals surface area contributed by atoms with E-state index < -0.39 is 11.2 Å². The molecule has 2 nitrogen and oxygen atoms in total. The van der Waals surface area contributed by atoms with Crippen LogP contribution in [0.25, 0.3) is 22.3 Å². The minimum atomic E-state index is -1.08. The first-order chi connectivity index (χ1) is 22.8. The maximum absolute atomic E-state index is 11.8. The van der Waals surface area contributed by atoms with Crippen LogP contribution in [-0.2, 0) is 22.0 Å². The average molecular weight is 629 g/mol. The summed E-state index contributed by atoms with van der Waals surface area (Å²) in [5, 5.41) is 23.5. The van der Waals surface area contributed by atoms with E-state index in [-0.39, 0.29) is 10.8 Å². The summed E-state index contributed by atoms with van der Waals surface area (Å²) in [6, 6.07) is 49.5. The number of hydrogen-bond donors (Lipinski definition) is 2. The Balaban J connectivity index is 0.000000152. The van der Waals surface area contributed by atoms with Crippen molar-refractivity contribution >= 4 is 0 Å². The van der Waals surface area contributed by atoms with Crippen molar-refractivity contribution in [1.82, 2.24) is 0 Å². The Hall–Kier alpha value is -4.76. The van der Waals surface area contributed by atoms with Crippen molar-refractivity contribution in [3.8, 4) is 22.3 Å². The van der Waals surface area contributed by atoms with E-state index in [2.05, 4.69) is 114 Å². The maximum Gasteiger partial charge on any atom is 0.141 e. The molecule has 0 unspecified atom stereocenters. The van der Waals surface area contributed by atoms with Crippen LogP contribution in [0.3, 0.4) is 0 Å². The van der Waals surface area contributed by atoms with Gasteiger partial charge in [-0.25, -0.2) is 0 Å². The fourth-order valence-corrected chi connectivity index (χ4v) is 7.47. The van der Waals surface area contributed by atoms with Crippen LogP contribution in [0.15, 0.2) is 146 Å². The molecule has 2 N–H and O–H groups in total. The van der Waals surface area contributed by atoms with Crippen LogP contribution in [0, 0.1) is 0 Å². The van der Waals surface area contributed by atoms with Gasteiger partial charge in [-0.15, -0.1) is 0 Å². The van der Waals surface area contributed by atoms with Gasteiger partial charge in [0.1, 0.15) is 11.2 Å². The second-order valence-corrected chi connectivity index (χ2v) is 15.3. The Bertz CT molecular complexity index is 1860. The standard InChI is InChI=1S/2C23H22O/c2*1-22(2,3)16-12-14-17(15-13-16)23(24)20-10-6-4-8-18(20)19-9-5-7-11-21(19)23/h2*4-15,24H,1-3H3. The van der Waals surface area contributed by atoms with Crippen molar-refractivity contribution in [1.29, 1.82) is 0 Å². The predicted molar refractivity (Wildman–Crippen MR) is 198 cm³/mol. The molecule has 48 heavy (non-hydrogen) atoms. The van der Waals surface area contributed by atoms with Gasteiger partial charge in [-0.1, -0.05) is 187 Å². The first kappa shape index (κ1) is 31.8. The van der Waals surface area contributed by atoms with Gasteiger partial charge < -0.3 is 10.2 Å². The first-order valence-electron chi connectivity index (χ1n) is 16.9. The van der Waals surface area contributed by atoms with E-state index in [1.165, 1.54) is 11.1 Å². The molecule has 0 bridgehead atoms. The van der Waals surface area contributed by atoms with Gasteiger partial charge in [0, 0.05) is 22.3 Å². The van der Waals surface area contributed by atoms with Crippen LogP contribution >= 0.6 is 0 Å². The molecule has 0 aromatic heterocycles. The third kappa shape index (κ3) is 5.03. The van der Waals surface area contributed by atoms with Gasteiger partial charge in [0.25, 0.3) is 0 Å². The molecule has 0 radical (unpaired) electrons. The highest BCUT2D eigenvalue weighted by Gasteiger charge is 2.44. The van der Waals surface area contributed by atoms with E-state index in [4.69, 9.17) is 0 Å². The second kappa shape index (κ2) is 11.4. The number of aliphatic hydroxyl groups is 2. The predicted octanol–water partition coefficient (Wildman–Crippen LogP) is 10.5. The molecule has 2 aliphatic carbocycles. The Morgan fingerprint density at radius 2 is 0.562 bits per heavy atom. The minimum absolute atomic E-state index is 0.104. The molecule has 240 valence electrons. The van der Waals surface area contributed by atoms with Crippen molar-refractivity contribution in [2.45, 2.75) is 63.6 Å². The summed E-state index contributed by atoms with van der Waals surface area (Å²) in [4.78, 5) is 0. The van der Waals surface area contributed by atoms with E-state index in [9.17, 15) is 10.2 Å². The summed E-state index contributed by atoms with van der Waals surface area (Å²) in [7, 11) is 0. The third-order valence-electron chi connectivity index (χ3n) is 10.2. The van der Waals surface area contributed by atoms with E-state index >= 15 is 0 Å². The lowest BCUT2D eigenvalue weighted by molar-refractivity contribution is 0.130. The summed E-state index contributed by atoms with van der Waals surface area (Å²) >= 11 is 0. The number of rotatable bonds is 2. The number of hydrogen-bond acceptors (Lipinski definition) is 2. The molecule has 0 spiro atoms. The molecule has 8 rings (SSSR count). The van der Waals surface area contributed by atoms with Crippen LogP contribution in [-0.4, -0.2) is 10.2 Å². The molecule has 0 saturated heterocycles. The highest BCUT2D eigenvalue weighted by atomic mass is 16.3. The summed E-state index contributed by atoms with van der Waals surface area (Å²) in [6.45, 7) is 13.2. The zero-order valence-electron chi connectivity index (χ0n) is 28.8. The summed E-state index contributed by atoms with van der Waals surface area (Å²) in [5.41, 5.74) is 10.8. The summed E-state index contributed by atoms with van der Waals surface area (Å²) in [5.74, 6) is 0. The van der Waals surface area contributed by atoms with Crippen molar-refractivity contribution in [3.05, 3.63) is 190 Å². The topological polar surface area (TPSA) is 40.5 Å². The zero-order chi connectivity index (χ0) is 33.9. The van der Waals surface area contributed by atoms with E-state index in [1.54, 1.807) is 0 Å². The molecule has 6 aromatic rings. The molecule has 2 aliphatic rings. The number of fused-ring (bicyclic) bond motifs is 6. The minimum Gasteiger partial charge on any atom is -0.376 e. The Morgan fingerprint density at radius 1 is 0.333 bits per heavy atom. The Labute approximate surface area is 285 Å². The van der Waals surface area contributed by atoms with Crippen LogP contribution in [0.1, 0.15) is 86.1 Å². The SMILES string of the molecule is CC(C)(C)c1ccc(C2(O)c3ccccc3-c3ccccc32)cc1.CC(C)(C)c1ccc(C2(O)c3ccccc3-c3ccccc32)cc1. The largest absolute Gasteiger partial charge is 0.376 e. The van der Waals surface area contributed by atoms with Gasteiger partial charge in [0.15, 0.2) is 0 Å². The monoisotopic (exact) mass is 628 g/mol.